The molecule has 0 aliphatic rings. The number of hydrogen-bond acceptors (Lipinski definition) is 4. The molecule has 5 heteroatoms. The standard InChI is InChI=1S/C19H21ClO4/c1-4-13-7-6-8-18(24-19(21)22-3)16(13)12-23-15-10-9-14(5-2)17(20)11-15/h6-11H,4-5,12H2,1-3H3. The summed E-state index contributed by atoms with van der Waals surface area (Å²) in [5.41, 5.74) is 2.95. The molecular weight excluding hydrogens is 328 g/mol. The van der Waals surface area contributed by atoms with Gasteiger partial charge in [0, 0.05) is 10.6 Å². The maximum absolute atomic E-state index is 11.4. The molecule has 0 amide bonds. The highest BCUT2D eigenvalue weighted by molar-refractivity contribution is 6.31. The van der Waals surface area contributed by atoms with Gasteiger partial charge in [-0.05, 0) is 42.2 Å². The Balaban J connectivity index is 2.21. The number of methoxy groups -OCH3 is 1. The van der Waals surface area contributed by atoms with Gasteiger partial charge in [-0.2, -0.15) is 0 Å². The Hall–Kier alpha value is -2.20. The quantitative estimate of drug-likeness (QED) is 0.532. The molecule has 0 heterocycles. The third-order valence-corrected chi connectivity index (χ3v) is 4.11. The molecule has 0 spiro atoms. The largest absolute Gasteiger partial charge is 0.513 e. The van der Waals surface area contributed by atoms with Gasteiger partial charge in [0.15, 0.2) is 0 Å². The molecule has 0 aliphatic heterocycles. The van der Waals surface area contributed by atoms with Crippen molar-refractivity contribution in [1.82, 2.24) is 0 Å². The molecule has 2 aromatic carbocycles. The van der Waals surface area contributed by atoms with E-state index in [9.17, 15) is 4.79 Å². The Morgan fingerprint density at radius 2 is 1.83 bits per heavy atom. The van der Waals surface area contributed by atoms with Crippen molar-refractivity contribution in [2.45, 2.75) is 33.3 Å². The van der Waals surface area contributed by atoms with E-state index in [0.29, 0.717) is 16.5 Å². The number of aryl methyl sites for hydroxylation is 2. The average Bonchev–Trinajstić information content (AvgIpc) is 2.60. The van der Waals surface area contributed by atoms with Crippen LogP contribution in [0.15, 0.2) is 36.4 Å². The molecule has 0 fully saturated rings. The monoisotopic (exact) mass is 348 g/mol. The summed E-state index contributed by atoms with van der Waals surface area (Å²) in [6.07, 6.45) is 0.918. The fourth-order valence-corrected chi connectivity index (χ4v) is 2.70. The molecule has 0 aromatic heterocycles. The zero-order valence-corrected chi connectivity index (χ0v) is 14.9. The first-order valence-corrected chi connectivity index (χ1v) is 8.24. The lowest BCUT2D eigenvalue weighted by Crippen LogP contribution is -2.11. The summed E-state index contributed by atoms with van der Waals surface area (Å²) in [6, 6.07) is 11.2. The molecule has 2 rings (SSSR count). The molecule has 0 saturated carbocycles. The van der Waals surface area contributed by atoms with Crippen LogP contribution in [0, 0.1) is 0 Å². The second-order valence-electron chi connectivity index (χ2n) is 5.20. The van der Waals surface area contributed by atoms with Gasteiger partial charge in [-0.25, -0.2) is 4.79 Å². The second kappa shape index (κ2) is 8.60. The van der Waals surface area contributed by atoms with Gasteiger partial charge < -0.3 is 14.2 Å². The maximum atomic E-state index is 11.4. The van der Waals surface area contributed by atoms with Gasteiger partial charge in [-0.15, -0.1) is 0 Å². The second-order valence-corrected chi connectivity index (χ2v) is 5.61. The summed E-state index contributed by atoms with van der Waals surface area (Å²) < 4.78 is 15.6. The summed E-state index contributed by atoms with van der Waals surface area (Å²) in [7, 11) is 1.28. The van der Waals surface area contributed by atoms with E-state index < -0.39 is 6.16 Å². The molecule has 0 aliphatic carbocycles. The smallest absolute Gasteiger partial charge is 0.489 e. The SMILES string of the molecule is CCc1ccc(OCc2c(CC)cccc2OC(=O)OC)cc1Cl. The molecule has 0 saturated heterocycles. The summed E-state index contributed by atoms with van der Waals surface area (Å²) in [5, 5.41) is 0.685. The lowest BCUT2D eigenvalue weighted by Gasteiger charge is -2.15. The van der Waals surface area contributed by atoms with Crippen LogP contribution in [-0.4, -0.2) is 13.3 Å². The van der Waals surface area contributed by atoms with Crippen LogP contribution < -0.4 is 9.47 Å². The van der Waals surface area contributed by atoms with Crippen LogP contribution in [-0.2, 0) is 24.2 Å². The van der Waals surface area contributed by atoms with Crippen molar-refractivity contribution < 1.29 is 19.0 Å². The van der Waals surface area contributed by atoms with Gasteiger partial charge in [-0.3, -0.25) is 0 Å². The number of hydrogen-bond donors (Lipinski definition) is 0. The first-order chi connectivity index (χ1) is 11.6. The topological polar surface area (TPSA) is 44.8 Å². The predicted molar refractivity (Wildman–Crippen MR) is 94.0 cm³/mol. The van der Waals surface area contributed by atoms with Gasteiger partial charge in [-0.1, -0.05) is 43.6 Å². The molecule has 2 aromatic rings. The molecule has 0 atom stereocenters. The van der Waals surface area contributed by atoms with Crippen molar-refractivity contribution >= 4 is 17.8 Å². The molecule has 4 nitrogen and oxygen atoms in total. The van der Waals surface area contributed by atoms with E-state index in [1.807, 2.05) is 31.2 Å². The predicted octanol–water partition coefficient (Wildman–Crippen LogP) is 5.19. The minimum atomic E-state index is -0.750. The number of carbonyl (C=O) groups excluding carboxylic acids is 1. The van der Waals surface area contributed by atoms with Crippen molar-refractivity contribution in [3.63, 3.8) is 0 Å². The molecule has 24 heavy (non-hydrogen) atoms. The van der Waals surface area contributed by atoms with Crippen LogP contribution in [0.4, 0.5) is 4.79 Å². The van der Waals surface area contributed by atoms with E-state index in [2.05, 4.69) is 11.7 Å². The molecule has 0 unspecified atom stereocenters. The Labute approximate surface area is 147 Å². The first kappa shape index (κ1) is 18.1. The van der Waals surface area contributed by atoms with Crippen LogP contribution >= 0.6 is 11.6 Å². The number of benzene rings is 2. The lowest BCUT2D eigenvalue weighted by molar-refractivity contribution is 0.120. The Bertz CT molecular complexity index is 713. The summed E-state index contributed by atoms with van der Waals surface area (Å²) >= 11 is 6.22. The van der Waals surface area contributed by atoms with E-state index in [0.717, 1.165) is 29.5 Å². The number of carbonyl (C=O) groups is 1. The Morgan fingerprint density at radius 3 is 2.46 bits per heavy atom. The summed E-state index contributed by atoms with van der Waals surface area (Å²) in [5.74, 6) is 1.12. The highest BCUT2D eigenvalue weighted by atomic mass is 35.5. The van der Waals surface area contributed by atoms with E-state index in [-0.39, 0.29) is 6.61 Å². The van der Waals surface area contributed by atoms with E-state index in [4.69, 9.17) is 21.1 Å². The van der Waals surface area contributed by atoms with Crippen LogP contribution in [0.25, 0.3) is 0 Å². The van der Waals surface area contributed by atoms with Crippen LogP contribution in [0.2, 0.25) is 5.02 Å². The van der Waals surface area contributed by atoms with Gasteiger partial charge in [0.1, 0.15) is 18.1 Å². The fourth-order valence-electron chi connectivity index (χ4n) is 2.39. The summed E-state index contributed by atoms with van der Waals surface area (Å²) in [6.45, 7) is 4.36. The van der Waals surface area contributed by atoms with Crippen molar-refractivity contribution in [2.24, 2.45) is 0 Å². The average molecular weight is 349 g/mol. The molecular formula is C19H21ClO4. The number of ether oxygens (including phenoxy) is 3. The molecule has 128 valence electrons. The van der Waals surface area contributed by atoms with Gasteiger partial charge >= 0.3 is 6.16 Å². The first-order valence-electron chi connectivity index (χ1n) is 7.86. The zero-order chi connectivity index (χ0) is 17.5. The highest BCUT2D eigenvalue weighted by Gasteiger charge is 2.13. The minimum absolute atomic E-state index is 0.276. The fraction of sp³-hybridized carbons (Fsp3) is 0.316. The Kier molecular flexibility index (Phi) is 6.50. The van der Waals surface area contributed by atoms with Crippen LogP contribution in [0.5, 0.6) is 11.5 Å². The van der Waals surface area contributed by atoms with Gasteiger partial charge in [0.05, 0.1) is 7.11 Å². The molecule has 0 N–H and O–H groups in total. The third-order valence-electron chi connectivity index (χ3n) is 3.76. The van der Waals surface area contributed by atoms with Crippen molar-refractivity contribution in [1.29, 1.82) is 0 Å². The summed E-state index contributed by atoms with van der Waals surface area (Å²) in [4.78, 5) is 11.4. The number of rotatable bonds is 6. The number of halogens is 1. The van der Waals surface area contributed by atoms with Gasteiger partial charge in [0.25, 0.3) is 0 Å². The lowest BCUT2D eigenvalue weighted by atomic mass is 10.0. The van der Waals surface area contributed by atoms with Crippen LogP contribution in [0.3, 0.4) is 0 Å². The third kappa shape index (κ3) is 4.42. The highest BCUT2D eigenvalue weighted by Crippen LogP contribution is 2.27. The van der Waals surface area contributed by atoms with E-state index >= 15 is 0 Å². The van der Waals surface area contributed by atoms with E-state index in [1.54, 1.807) is 12.1 Å². The van der Waals surface area contributed by atoms with Crippen LogP contribution in [0.1, 0.15) is 30.5 Å². The van der Waals surface area contributed by atoms with Crippen molar-refractivity contribution in [3.8, 4) is 11.5 Å². The molecule has 0 bridgehead atoms. The van der Waals surface area contributed by atoms with Crippen molar-refractivity contribution in [3.05, 3.63) is 58.1 Å². The van der Waals surface area contributed by atoms with Gasteiger partial charge in [0.2, 0.25) is 0 Å². The van der Waals surface area contributed by atoms with Crippen molar-refractivity contribution in [2.75, 3.05) is 7.11 Å². The zero-order valence-electron chi connectivity index (χ0n) is 14.1. The maximum Gasteiger partial charge on any atom is 0.513 e. The minimum Gasteiger partial charge on any atom is -0.489 e. The van der Waals surface area contributed by atoms with E-state index in [1.165, 1.54) is 7.11 Å². The molecule has 0 radical (unpaired) electrons. The normalized spacial score (nSPS) is 10.3. The Morgan fingerprint density at radius 1 is 1.08 bits per heavy atom.